The molecule has 4 aromatic heterocycles. The highest BCUT2D eigenvalue weighted by Gasteiger charge is 2.55. The van der Waals surface area contributed by atoms with Crippen LogP contribution in [0.4, 0.5) is 0 Å². The van der Waals surface area contributed by atoms with Crippen LogP contribution in [0.15, 0.2) is 139 Å². The molecular formula is C49H20Br4S4. The monoisotopic (exact) mass is 1050 g/mol. The molecular weight excluding hydrogens is 1040 g/mol. The predicted octanol–water partition coefficient (Wildman–Crippen LogP) is 18.6. The van der Waals surface area contributed by atoms with Crippen LogP contribution in [-0.2, 0) is 5.41 Å². The van der Waals surface area contributed by atoms with Crippen LogP contribution in [0.25, 0.3) is 103 Å². The first-order valence-electron chi connectivity index (χ1n) is 18.5. The van der Waals surface area contributed by atoms with Crippen molar-refractivity contribution in [1.82, 2.24) is 0 Å². The molecule has 14 rings (SSSR count). The van der Waals surface area contributed by atoms with E-state index in [1.54, 1.807) is 0 Å². The van der Waals surface area contributed by atoms with Crippen LogP contribution >= 0.6 is 109 Å². The Morgan fingerprint density at radius 3 is 1.00 bits per heavy atom. The molecule has 0 unspecified atom stereocenters. The molecule has 0 atom stereocenters. The van der Waals surface area contributed by atoms with Gasteiger partial charge in [0.15, 0.2) is 0 Å². The van der Waals surface area contributed by atoms with Crippen LogP contribution in [-0.4, -0.2) is 0 Å². The van der Waals surface area contributed by atoms with E-state index in [2.05, 4.69) is 185 Å². The first-order valence-corrected chi connectivity index (χ1v) is 24.9. The molecule has 2 aliphatic rings. The number of thiophene rings is 4. The molecule has 0 N–H and O–H groups in total. The summed E-state index contributed by atoms with van der Waals surface area (Å²) in [6, 6.07) is 45.8. The van der Waals surface area contributed by atoms with E-state index in [1.165, 1.54) is 125 Å². The Bertz CT molecular complexity index is 3620. The summed E-state index contributed by atoms with van der Waals surface area (Å²) in [6.45, 7) is 0. The molecule has 0 fully saturated rings. The van der Waals surface area contributed by atoms with E-state index < -0.39 is 5.41 Å². The smallest absolute Gasteiger partial charge is 0.0728 e. The number of fused-ring (bicyclic) bond motifs is 26. The molecule has 0 nitrogen and oxygen atoms in total. The first-order chi connectivity index (χ1) is 27.9. The Morgan fingerprint density at radius 2 is 0.614 bits per heavy atom. The maximum absolute atomic E-state index is 4.25. The van der Waals surface area contributed by atoms with Crippen LogP contribution in [0, 0.1) is 0 Å². The molecule has 0 amide bonds. The Balaban J connectivity index is 1.30. The minimum Gasteiger partial charge on any atom is -0.134 e. The third kappa shape index (κ3) is 3.94. The predicted molar refractivity (Wildman–Crippen MR) is 265 cm³/mol. The largest absolute Gasteiger partial charge is 0.134 e. The molecule has 12 aromatic rings. The summed E-state index contributed by atoms with van der Waals surface area (Å²) in [5.41, 5.74) is 10.2. The fraction of sp³-hybridized carbons (Fsp3) is 0.0204. The van der Waals surface area contributed by atoms with E-state index in [-0.39, 0.29) is 0 Å². The van der Waals surface area contributed by atoms with Crippen molar-refractivity contribution in [2.45, 2.75) is 5.41 Å². The lowest BCUT2D eigenvalue weighted by Crippen LogP contribution is -2.26. The maximum Gasteiger partial charge on any atom is 0.0728 e. The van der Waals surface area contributed by atoms with E-state index >= 15 is 0 Å². The third-order valence-corrected chi connectivity index (χ3v) is 20.3. The van der Waals surface area contributed by atoms with Crippen molar-refractivity contribution in [3.63, 3.8) is 0 Å². The van der Waals surface area contributed by atoms with Gasteiger partial charge < -0.3 is 0 Å². The minimum absolute atomic E-state index is 0.616. The molecule has 0 radical (unpaired) electrons. The minimum atomic E-state index is -0.616. The number of rotatable bonds is 0. The maximum atomic E-state index is 4.25. The van der Waals surface area contributed by atoms with Crippen LogP contribution in [0.3, 0.4) is 0 Å². The van der Waals surface area contributed by atoms with Crippen molar-refractivity contribution in [2.75, 3.05) is 0 Å². The van der Waals surface area contributed by atoms with Gasteiger partial charge in [0.05, 0.1) is 14.8 Å². The summed E-state index contributed by atoms with van der Waals surface area (Å²) >= 11 is 24.6. The van der Waals surface area contributed by atoms with Gasteiger partial charge in [0.2, 0.25) is 0 Å². The van der Waals surface area contributed by atoms with Gasteiger partial charge in [0.25, 0.3) is 0 Å². The highest BCUT2D eigenvalue weighted by molar-refractivity contribution is 9.11. The molecule has 57 heavy (non-hydrogen) atoms. The Kier molecular flexibility index (Phi) is 6.70. The Hall–Kier alpha value is -3.44. The van der Waals surface area contributed by atoms with E-state index in [9.17, 15) is 0 Å². The molecule has 8 aromatic carbocycles. The number of hydrogen-bond acceptors (Lipinski definition) is 4. The van der Waals surface area contributed by atoms with E-state index in [0.29, 0.717) is 0 Å². The fourth-order valence-corrected chi connectivity index (χ4v) is 18.2. The van der Waals surface area contributed by atoms with Gasteiger partial charge in [0.1, 0.15) is 0 Å². The average Bonchev–Trinajstić information content (AvgIpc) is 4.06. The van der Waals surface area contributed by atoms with E-state index in [4.69, 9.17) is 0 Å². The second kappa shape index (κ2) is 11.4. The van der Waals surface area contributed by atoms with E-state index in [1.807, 2.05) is 45.3 Å². The quantitative estimate of drug-likeness (QED) is 0.142. The van der Waals surface area contributed by atoms with Gasteiger partial charge in [-0.15, -0.1) is 45.3 Å². The summed E-state index contributed by atoms with van der Waals surface area (Å²) < 4.78 is 15.1. The number of hydrogen-bond donors (Lipinski definition) is 0. The molecule has 0 saturated carbocycles. The second-order valence-electron chi connectivity index (χ2n) is 15.1. The molecule has 2 aliphatic carbocycles. The number of halogens is 4. The summed E-state index contributed by atoms with van der Waals surface area (Å²) in [5.74, 6) is 0. The SMILES string of the molecule is Brc1cc2c(c3c1sc1ccccc13)-c1c(cc(Br)c3c1sc1ccccc13)C21c2cc(Br)c3c(sc4ccccc43)c2-c2c1cc(Br)c1sc3ccccc3c21. The van der Waals surface area contributed by atoms with Crippen molar-refractivity contribution in [3.8, 4) is 22.3 Å². The second-order valence-corrected chi connectivity index (χ2v) is 22.7. The van der Waals surface area contributed by atoms with Gasteiger partial charge in [-0.25, -0.2) is 0 Å². The van der Waals surface area contributed by atoms with Gasteiger partial charge in [-0.05, 0) is 114 Å². The lowest BCUT2D eigenvalue weighted by molar-refractivity contribution is 0.794. The highest BCUT2D eigenvalue weighted by Crippen LogP contribution is 2.70. The summed E-state index contributed by atoms with van der Waals surface area (Å²) in [4.78, 5) is 0. The van der Waals surface area contributed by atoms with Gasteiger partial charge in [-0.1, -0.05) is 105 Å². The lowest BCUT2D eigenvalue weighted by atomic mass is 9.70. The Morgan fingerprint density at radius 1 is 0.316 bits per heavy atom. The van der Waals surface area contributed by atoms with Crippen molar-refractivity contribution in [2.24, 2.45) is 0 Å². The van der Waals surface area contributed by atoms with Gasteiger partial charge >= 0.3 is 0 Å². The standard InChI is InChI=1S/C49H20Br4S4/c50-29-17-27-43(47-37(29)21-9-1-5-13-33(21)56-47)41-25(19-31(52)45-39(41)23-11-3-7-15-35(23)54-45)49(27)26-20-32(53)46-40(24-12-4-8-16-36(24)55-46)42(26)44-28(49)18-30(51)38-22-10-2-6-14-34(22)57-48(38)44/h1-20H. The fourth-order valence-electron chi connectivity index (χ4n) is 10.5. The zero-order valence-corrected chi connectivity index (χ0v) is 38.8. The molecule has 4 heterocycles. The lowest BCUT2D eigenvalue weighted by Gasteiger charge is -2.31. The molecule has 0 aliphatic heterocycles. The molecule has 0 saturated heterocycles. The van der Waals surface area contributed by atoms with Gasteiger partial charge in [-0.3, -0.25) is 0 Å². The van der Waals surface area contributed by atoms with E-state index in [0.717, 1.165) is 17.9 Å². The molecule has 1 spiro atoms. The summed E-state index contributed by atoms with van der Waals surface area (Å²) in [7, 11) is 0. The van der Waals surface area contributed by atoms with Gasteiger partial charge in [0, 0.05) is 100 Å². The topological polar surface area (TPSA) is 0 Å². The van der Waals surface area contributed by atoms with Crippen molar-refractivity contribution in [3.05, 3.63) is 161 Å². The molecule has 0 bridgehead atoms. The normalized spacial score (nSPS) is 14.1. The van der Waals surface area contributed by atoms with Crippen LogP contribution in [0.2, 0.25) is 0 Å². The van der Waals surface area contributed by atoms with Crippen molar-refractivity contribution in [1.29, 1.82) is 0 Å². The summed E-state index contributed by atoms with van der Waals surface area (Å²) in [6.07, 6.45) is 0. The average molecular weight is 1060 g/mol. The first kappa shape index (κ1) is 33.4. The van der Waals surface area contributed by atoms with Crippen molar-refractivity contribution < 1.29 is 0 Å². The summed E-state index contributed by atoms with van der Waals surface area (Å²) in [5, 5.41) is 10.5. The van der Waals surface area contributed by atoms with Crippen molar-refractivity contribution >= 4 is 190 Å². The Labute approximate surface area is 374 Å². The highest BCUT2D eigenvalue weighted by atomic mass is 79.9. The molecule has 8 heteroatoms. The van der Waals surface area contributed by atoms with Crippen LogP contribution < -0.4 is 0 Å². The zero-order chi connectivity index (χ0) is 37.6. The third-order valence-electron chi connectivity index (χ3n) is 12.5. The van der Waals surface area contributed by atoms with Crippen LogP contribution in [0.5, 0.6) is 0 Å². The molecule has 268 valence electrons. The number of benzene rings is 8. The van der Waals surface area contributed by atoms with Crippen LogP contribution in [0.1, 0.15) is 22.3 Å². The zero-order valence-electron chi connectivity index (χ0n) is 29.2. The van der Waals surface area contributed by atoms with Gasteiger partial charge in [-0.2, -0.15) is 0 Å².